The number of nitrogens with one attached hydrogen (secondary N) is 1. The first-order valence-corrected chi connectivity index (χ1v) is 8.05. The Labute approximate surface area is 151 Å². The molecular formula is C15H20N2O10. The molecule has 5 atom stereocenters. The van der Waals surface area contributed by atoms with Gasteiger partial charge in [-0.1, -0.05) is 0 Å². The van der Waals surface area contributed by atoms with E-state index in [0.717, 1.165) is 16.8 Å². The van der Waals surface area contributed by atoms with Crippen molar-refractivity contribution in [3.05, 3.63) is 33.1 Å². The lowest BCUT2D eigenvalue weighted by atomic mass is 9.77. The lowest BCUT2D eigenvalue weighted by Crippen LogP contribution is -2.57. The van der Waals surface area contributed by atoms with Gasteiger partial charge in [-0.3, -0.25) is 23.9 Å². The highest BCUT2D eigenvalue weighted by Gasteiger charge is 2.61. The second kappa shape index (κ2) is 8.00. The predicted molar refractivity (Wildman–Crippen MR) is 85.9 cm³/mol. The summed E-state index contributed by atoms with van der Waals surface area (Å²) in [6.45, 7) is -0.870. The molecule has 27 heavy (non-hydrogen) atoms. The maximum atomic E-state index is 11.9. The Morgan fingerprint density at radius 1 is 1.33 bits per heavy atom. The molecule has 1 unspecified atom stereocenters. The molecule has 0 spiro atoms. The van der Waals surface area contributed by atoms with Crippen molar-refractivity contribution in [1.82, 2.24) is 9.55 Å². The number of carboxylic acid groups (broad SMARTS) is 2. The lowest BCUT2D eigenvalue weighted by molar-refractivity contribution is -0.170. The summed E-state index contributed by atoms with van der Waals surface area (Å²) in [5.74, 6) is -4.36. The van der Waals surface area contributed by atoms with Gasteiger partial charge in [0, 0.05) is 18.7 Å². The molecule has 12 heteroatoms. The van der Waals surface area contributed by atoms with Crippen LogP contribution in [0.15, 0.2) is 21.9 Å². The zero-order valence-electron chi connectivity index (χ0n) is 14.0. The minimum absolute atomic E-state index is 0.108. The largest absolute Gasteiger partial charge is 0.481 e. The van der Waals surface area contributed by atoms with Gasteiger partial charge >= 0.3 is 17.6 Å². The van der Waals surface area contributed by atoms with E-state index in [1.54, 1.807) is 0 Å². The Kier molecular flexibility index (Phi) is 6.15. The summed E-state index contributed by atoms with van der Waals surface area (Å²) in [6, 6.07) is 0.963. The number of aliphatic carboxylic acids is 2. The average Bonchev–Trinajstić information content (AvgIpc) is 2.83. The van der Waals surface area contributed by atoms with Crippen molar-refractivity contribution in [3.63, 3.8) is 0 Å². The van der Waals surface area contributed by atoms with E-state index < -0.39 is 59.7 Å². The summed E-state index contributed by atoms with van der Waals surface area (Å²) in [5, 5.41) is 49.2. The number of aromatic nitrogens is 2. The predicted octanol–water partition coefficient (Wildman–Crippen LogP) is -2.53. The van der Waals surface area contributed by atoms with E-state index in [1.807, 2.05) is 4.98 Å². The number of nitrogens with zero attached hydrogens (tertiary/aromatic N) is 1. The third kappa shape index (κ3) is 3.93. The van der Waals surface area contributed by atoms with Gasteiger partial charge in [0.05, 0.1) is 12.5 Å². The van der Waals surface area contributed by atoms with E-state index in [2.05, 4.69) is 0 Å². The lowest BCUT2D eigenvalue weighted by Gasteiger charge is -2.35. The number of H-pyrrole nitrogens is 1. The molecule has 1 aromatic rings. The number of aliphatic hydroxyl groups is 3. The fourth-order valence-corrected chi connectivity index (χ4v) is 3.25. The van der Waals surface area contributed by atoms with Crippen LogP contribution >= 0.6 is 0 Å². The number of hydrogen-bond donors (Lipinski definition) is 6. The number of hydrogen-bond acceptors (Lipinski definition) is 8. The molecule has 1 fully saturated rings. The molecule has 0 amide bonds. The van der Waals surface area contributed by atoms with Crippen LogP contribution in [-0.4, -0.2) is 71.4 Å². The van der Waals surface area contributed by atoms with Crippen molar-refractivity contribution in [3.8, 4) is 0 Å². The molecule has 2 rings (SSSR count). The highest BCUT2D eigenvalue weighted by molar-refractivity contribution is 5.72. The van der Waals surface area contributed by atoms with Crippen LogP contribution in [0.1, 0.15) is 25.5 Å². The summed E-state index contributed by atoms with van der Waals surface area (Å²) in [7, 11) is 0. The minimum Gasteiger partial charge on any atom is -0.481 e. The first-order chi connectivity index (χ1) is 12.6. The summed E-state index contributed by atoms with van der Waals surface area (Å²) in [4.78, 5) is 47.3. The van der Waals surface area contributed by atoms with E-state index in [4.69, 9.17) is 9.84 Å². The number of aliphatic hydroxyl groups excluding tert-OH is 2. The van der Waals surface area contributed by atoms with Gasteiger partial charge in [0.2, 0.25) is 0 Å². The Hall–Kier alpha value is -2.54. The Bertz CT molecular complexity index is 817. The SMILES string of the molecule is O=C(O)CCCC(C(=O)O)[C@@]1(O)[C@@H](CO)O[C@@H](n2ccc(=O)[nH]c2=O)[C@@H]1O. The van der Waals surface area contributed by atoms with Crippen LogP contribution in [0.5, 0.6) is 0 Å². The van der Waals surface area contributed by atoms with Gasteiger partial charge < -0.3 is 30.3 Å². The second-order valence-electron chi connectivity index (χ2n) is 6.22. The number of carboxylic acids is 2. The fraction of sp³-hybridized carbons (Fsp3) is 0.600. The number of rotatable bonds is 8. The van der Waals surface area contributed by atoms with Gasteiger partial charge in [-0.15, -0.1) is 0 Å². The van der Waals surface area contributed by atoms with Crippen LogP contribution in [0.3, 0.4) is 0 Å². The van der Waals surface area contributed by atoms with E-state index in [9.17, 15) is 39.6 Å². The summed E-state index contributed by atoms with van der Waals surface area (Å²) in [6.07, 6.45) is -4.88. The Morgan fingerprint density at radius 2 is 2.00 bits per heavy atom. The molecule has 1 saturated heterocycles. The van der Waals surface area contributed by atoms with Crippen LogP contribution in [-0.2, 0) is 14.3 Å². The highest BCUT2D eigenvalue weighted by atomic mass is 16.6. The Balaban J connectivity index is 2.39. The smallest absolute Gasteiger partial charge is 0.330 e. The van der Waals surface area contributed by atoms with Crippen LogP contribution in [0.2, 0.25) is 0 Å². The standard InChI is InChI=1S/C15H20N2O10/c18-6-8-15(26,7(13(23)24)2-1-3-10(20)21)11(22)12(27-8)17-5-4-9(19)16-14(17)25/h4-5,7-8,11-12,18,22,26H,1-3,6H2,(H,20,21)(H,23,24)(H,16,19,25)/t7?,8-,11+,12-,15-/m1/s1. The zero-order valence-corrected chi connectivity index (χ0v) is 14.0. The van der Waals surface area contributed by atoms with E-state index in [1.165, 1.54) is 0 Å². The second-order valence-corrected chi connectivity index (χ2v) is 6.22. The summed E-state index contributed by atoms with van der Waals surface area (Å²) in [5.41, 5.74) is -4.18. The van der Waals surface area contributed by atoms with Crippen LogP contribution < -0.4 is 11.2 Å². The molecule has 1 aliphatic heterocycles. The van der Waals surface area contributed by atoms with Crippen LogP contribution in [0.25, 0.3) is 0 Å². The van der Waals surface area contributed by atoms with Gasteiger partial charge in [0.1, 0.15) is 17.8 Å². The third-order valence-corrected chi connectivity index (χ3v) is 4.59. The molecular weight excluding hydrogens is 368 g/mol. The third-order valence-electron chi connectivity index (χ3n) is 4.59. The molecule has 0 bridgehead atoms. The molecule has 0 aliphatic carbocycles. The van der Waals surface area contributed by atoms with E-state index in [0.29, 0.717) is 0 Å². The first kappa shape index (κ1) is 20.8. The quantitative estimate of drug-likeness (QED) is 0.276. The van der Waals surface area contributed by atoms with E-state index in [-0.39, 0.29) is 19.3 Å². The van der Waals surface area contributed by atoms with Gasteiger partial charge in [-0.2, -0.15) is 0 Å². The van der Waals surface area contributed by atoms with Crippen LogP contribution in [0.4, 0.5) is 0 Å². The molecule has 0 aromatic carbocycles. The van der Waals surface area contributed by atoms with Crippen molar-refractivity contribution >= 4 is 11.9 Å². The summed E-state index contributed by atoms with van der Waals surface area (Å²) >= 11 is 0. The number of aromatic amines is 1. The molecule has 1 aliphatic rings. The molecule has 6 N–H and O–H groups in total. The topological polar surface area (TPSA) is 199 Å². The Morgan fingerprint density at radius 3 is 2.52 bits per heavy atom. The number of carbonyl (C=O) groups is 2. The van der Waals surface area contributed by atoms with Gasteiger partial charge in [-0.25, -0.2) is 4.79 Å². The van der Waals surface area contributed by atoms with Gasteiger partial charge in [-0.05, 0) is 12.8 Å². The van der Waals surface area contributed by atoms with Crippen molar-refractivity contribution in [2.24, 2.45) is 5.92 Å². The maximum absolute atomic E-state index is 11.9. The van der Waals surface area contributed by atoms with Crippen molar-refractivity contribution in [1.29, 1.82) is 0 Å². The summed E-state index contributed by atoms with van der Waals surface area (Å²) < 4.78 is 6.07. The van der Waals surface area contributed by atoms with Crippen LogP contribution in [0, 0.1) is 5.92 Å². The normalized spacial score (nSPS) is 28.8. The van der Waals surface area contributed by atoms with Crippen molar-refractivity contribution in [2.45, 2.75) is 43.3 Å². The molecule has 2 heterocycles. The van der Waals surface area contributed by atoms with Crippen molar-refractivity contribution < 1.29 is 39.9 Å². The number of ether oxygens (including phenoxy) is 1. The molecule has 1 aromatic heterocycles. The highest BCUT2D eigenvalue weighted by Crippen LogP contribution is 2.43. The molecule has 150 valence electrons. The monoisotopic (exact) mass is 388 g/mol. The van der Waals surface area contributed by atoms with E-state index >= 15 is 0 Å². The van der Waals surface area contributed by atoms with Gasteiger partial charge in [0.15, 0.2) is 6.23 Å². The zero-order chi connectivity index (χ0) is 20.4. The molecule has 12 nitrogen and oxygen atoms in total. The van der Waals surface area contributed by atoms with Gasteiger partial charge in [0.25, 0.3) is 5.56 Å². The van der Waals surface area contributed by atoms with Crippen molar-refractivity contribution in [2.75, 3.05) is 6.61 Å². The first-order valence-electron chi connectivity index (χ1n) is 8.05. The fourth-order valence-electron chi connectivity index (χ4n) is 3.25. The average molecular weight is 388 g/mol. The molecule has 0 saturated carbocycles. The maximum Gasteiger partial charge on any atom is 0.330 e. The minimum atomic E-state index is -2.50. The molecule has 0 radical (unpaired) electrons.